The third-order valence-corrected chi connectivity index (χ3v) is 3.90. The fourth-order valence-electron chi connectivity index (χ4n) is 1.49. The van der Waals surface area contributed by atoms with Gasteiger partial charge in [0.15, 0.2) is 5.17 Å². The van der Waals surface area contributed by atoms with E-state index in [0.29, 0.717) is 15.7 Å². The van der Waals surface area contributed by atoms with E-state index in [2.05, 4.69) is 10.3 Å². The number of nitrogens with two attached hydrogens (primary N) is 1. The number of rotatable bonds is 2. The summed E-state index contributed by atoms with van der Waals surface area (Å²) in [4.78, 5) is 26.8. The highest BCUT2D eigenvalue weighted by atomic mass is 35.5. The number of carbonyl (C=O) groups excluding carboxylic acids is 2. The first-order valence-corrected chi connectivity index (χ1v) is 6.89. The molecular formula is C11H9Cl2N3O2S. The van der Waals surface area contributed by atoms with E-state index in [9.17, 15) is 9.59 Å². The molecule has 100 valence electrons. The minimum atomic E-state index is -0.611. The zero-order valence-corrected chi connectivity index (χ0v) is 11.9. The average molecular weight is 318 g/mol. The Morgan fingerprint density at radius 1 is 1.47 bits per heavy atom. The van der Waals surface area contributed by atoms with Gasteiger partial charge in [0, 0.05) is 5.02 Å². The zero-order chi connectivity index (χ0) is 14.0. The first-order valence-electron chi connectivity index (χ1n) is 5.25. The summed E-state index contributed by atoms with van der Waals surface area (Å²) in [6.07, 6.45) is 0.00931. The van der Waals surface area contributed by atoms with Crippen LogP contribution in [0.5, 0.6) is 0 Å². The van der Waals surface area contributed by atoms with E-state index < -0.39 is 11.2 Å². The molecule has 0 fully saturated rings. The predicted molar refractivity (Wildman–Crippen MR) is 77.7 cm³/mol. The van der Waals surface area contributed by atoms with E-state index in [1.54, 1.807) is 12.1 Å². The minimum Gasteiger partial charge on any atom is -0.378 e. The summed E-state index contributed by atoms with van der Waals surface area (Å²) in [5.41, 5.74) is 5.86. The highest BCUT2D eigenvalue weighted by molar-refractivity contribution is 8.15. The van der Waals surface area contributed by atoms with Crippen LogP contribution in [0.25, 0.3) is 0 Å². The lowest BCUT2D eigenvalue weighted by molar-refractivity contribution is -0.121. The molecule has 1 aromatic rings. The van der Waals surface area contributed by atoms with Crippen LogP contribution in [-0.2, 0) is 9.59 Å². The standard InChI is InChI=1S/C11H9Cl2N3O2S/c12-5-1-2-6(13)7(3-5)15-10(18)8-4-9(17)16-11(14)19-8/h1-3,8H,4H2,(H,15,18)(H2,14,16,17)/t8-/m1/s1. The lowest BCUT2D eigenvalue weighted by Crippen LogP contribution is -2.33. The number of nitrogens with zero attached hydrogens (tertiary/aromatic N) is 1. The third kappa shape index (κ3) is 3.62. The van der Waals surface area contributed by atoms with Crippen LogP contribution in [0.1, 0.15) is 6.42 Å². The molecule has 1 aliphatic rings. The zero-order valence-electron chi connectivity index (χ0n) is 9.52. The molecule has 5 nitrogen and oxygen atoms in total. The second kappa shape index (κ2) is 5.81. The molecule has 0 spiro atoms. The minimum absolute atomic E-state index is 0.00931. The first kappa shape index (κ1) is 14.2. The highest BCUT2D eigenvalue weighted by Gasteiger charge is 2.28. The Bertz CT molecular complexity index is 577. The van der Waals surface area contributed by atoms with Crippen LogP contribution in [0.15, 0.2) is 23.2 Å². The number of hydrogen-bond acceptors (Lipinski definition) is 4. The summed E-state index contributed by atoms with van der Waals surface area (Å²) in [6, 6.07) is 4.73. The van der Waals surface area contributed by atoms with Crippen molar-refractivity contribution in [1.29, 1.82) is 0 Å². The summed E-state index contributed by atoms with van der Waals surface area (Å²) in [5.74, 6) is -0.769. The Kier molecular flexibility index (Phi) is 4.34. The molecule has 1 atom stereocenters. The van der Waals surface area contributed by atoms with Gasteiger partial charge in [-0.1, -0.05) is 35.0 Å². The highest BCUT2D eigenvalue weighted by Crippen LogP contribution is 2.27. The van der Waals surface area contributed by atoms with Crippen LogP contribution in [0.2, 0.25) is 10.0 Å². The van der Waals surface area contributed by atoms with Crippen LogP contribution < -0.4 is 11.1 Å². The smallest absolute Gasteiger partial charge is 0.249 e. The van der Waals surface area contributed by atoms with Crippen molar-refractivity contribution in [3.8, 4) is 0 Å². The number of benzene rings is 1. The van der Waals surface area contributed by atoms with E-state index in [0.717, 1.165) is 11.8 Å². The molecule has 0 unspecified atom stereocenters. The van der Waals surface area contributed by atoms with Gasteiger partial charge in [0.25, 0.3) is 0 Å². The number of amides is 2. The fraction of sp³-hybridized carbons (Fsp3) is 0.182. The summed E-state index contributed by atoms with van der Waals surface area (Å²) in [6.45, 7) is 0. The topological polar surface area (TPSA) is 84.5 Å². The van der Waals surface area contributed by atoms with Crippen molar-refractivity contribution >= 4 is 57.6 Å². The number of carbonyl (C=O) groups is 2. The van der Waals surface area contributed by atoms with Crippen molar-refractivity contribution in [2.75, 3.05) is 5.32 Å². The Hall–Kier alpha value is -1.24. The maximum absolute atomic E-state index is 12.0. The lowest BCUT2D eigenvalue weighted by Gasteiger charge is -2.18. The second-order valence-corrected chi connectivity index (χ2v) is 5.83. The van der Waals surface area contributed by atoms with Crippen LogP contribution in [-0.4, -0.2) is 22.2 Å². The summed E-state index contributed by atoms with van der Waals surface area (Å²) in [7, 11) is 0. The molecule has 2 amide bonds. The Balaban J connectivity index is 2.11. The van der Waals surface area contributed by atoms with E-state index in [1.807, 2.05) is 0 Å². The fourth-order valence-corrected chi connectivity index (χ4v) is 2.67. The van der Waals surface area contributed by atoms with Crippen molar-refractivity contribution in [2.24, 2.45) is 10.7 Å². The van der Waals surface area contributed by atoms with Crippen LogP contribution in [0, 0.1) is 0 Å². The number of anilines is 1. The number of aliphatic imine (C=N–C) groups is 1. The molecule has 8 heteroatoms. The number of thioether (sulfide) groups is 1. The van der Waals surface area contributed by atoms with Gasteiger partial charge >= 0.3 is 0 Å². The van der Waals surface area contributed by atoms with Crippen molar-refractivity contribution in [3.05, 3.63) is 28.2 Å². The van der Waals surface area contributed by atoms with Gasteiger partial charge in [0.2, 0.25) is 11.8 Å². The Morgan fingerprint density at radius 3 is 2.89 bits per heavy atom. The third-order valence-electron chi connectivity index (χ3n) is 2.34. The summed E-state index contributed by atoms with van der Waals surface area (Å²) in [5, 5.41) is 2.92. The van der Waals surface area contributed by atoms with Crippen LogP contribution >= 0.6 is 35.0 Å². The predicted octanol–water partition coefficient (Wildman–Crippen LogP) is 2.28. The Labute approximate surface area is 123 Å². The number of halogens is 2. The molecule has 1 heterocycles. The largest absolute Gasteiger partial charge is 0.378 e. The molecule has 0 saturated heterocycles. The van der Waals surface area contributed by atoms with Gasteiger partial charge in [-0.2, -0.15) is 4.99 Å². The van der Waals surface area contributed by atoms with Gasteiger partial charge in [0.05, 0.1) is 17.1 Å². The number of amidine groups is 1. The molecular weight excluding hydrogens is 309 g/mol. The van der Waals surface area contributed by atoms with E-state index in [4.69, 9.17) is 28.9 Å². The van der Waals surface area contributed by atoms with Crippen molar-refractivity contribution < 1.29 is 9.59 Å². The van der Waals surface area contributed by atoms with Gasteiger partial charge in [-0.25, -0.2) is 0 Å². The van der Waals surface area contributed by atoms with Crippen molar-refractivity contribution in [3.63, 3.8) is 0 Å². The van der Waals surface area contributed by atoms with E-state index in [-0.39, 0.29) is 17.5 Å². The Morgan fingerprint density at radius 2 is 2.21 bits per heavy atom. The average Bonchev–Trinajstić information content (AvgIpc) is 2.32. The van der Waals surface area contributed by atoms with Gasteiger partial charge in [-0.15, -0.1) is 0 Å². The summed E-state index contributed by atoms with van der Waals surface area (Å²) >= 11 is 12.8. The molecule has 0 radical (unpaired) electrons. The molecule has 3 N–H and O–H groups in total. The lowest BCUT2D eigenvalue weighted by atomic mass is 10.2. The molecule has 1 aliphatic heterocycles. The maximum Gasteiger partial charge on any atom is 0.249 e. The van der Waals surface area contributed by atoms with Gasteiger partial charge < -0.3 is 11.1 Å². The molecule has 1 aromatic carbocycles. The second-order valence-electron chi connectivity index (χ2n) is 3.77. The quantitative estimate of drug-likeness (QED) is 0.876. The molecule has 0 aliphatic carbocycles. The normalized spacial score (nSPS) is 18.9. The SMILES string of the molecule is NC1=NC(=O)C[C@H](C(=O)Nc2cc(Cl)ccc2Cl)S1. The monoisotopic (exact) mass is 317 g/mol. The number of hydrogen-bond donors (Lipinski definition) is 2. The van der Waals surface area contributed by atoms with E-state index >= 15 is 0 Å². The van der Waals surface area contributed by atoms with Crippen LogP contribution in [0.3, 0.4) is 0 Å². The van der Waals surface area contributed by atoms with Crippen LogP contribution in [0.4, 0.5) is 5.69 Å². The summed E-state index contributed by atoms with van der Waals surface area (Å²) < 4.78 is 0. The molecule has 0 aromatic heterocycles. The van der Waals surface area contributed by atoms with Crippen molar-refractivity contribution in [2.45, 2.75) is 11.7 Å². The molecule has 0 bridgehead atoms. The molecule has 19 heavy (non-hydrogen) atoms. The maximum atomic E-state index is 12.0. The van der Waals surface area contributed by atoms with Gasteiger partial charge in [-0.3, -0.25) is 9.59 Å². The first-order chi connectivity index (χ1) is 8.95. The van der Waals surface area contributed by atoms with Crippen molar-refractivity contribution in [1.82, 2.24) is 0 Å². The molecule has 2 rings (SSSR count). The number of nitrogens with one attached hydrogen (secondary N) is 1. The molecule has 0 saturated carbocycles. The van der Waals surface area contributed by atoms with Gasteiger partial charge in [0.1, 0.15) is 5.25 Å². The van der Waals surface area contributed by atoms with E-state index in [1.165, 1.54) is 6.07 Å². The van der Waals surface area contributed by atoms with Gasteiger partial charge in [-0.05, 0) is 18.2 Å².